The molecule has 4 heteroatoms. The van der Waals surface area contributed by atoms with E-state index in [9.17, 15) is 4.79 Å². The van der Waals surface area contributed by atoms with Gasteiger partial charge in [-0.1, -0.05) is 66.7 Å². The molecule has 0 spiro atoms. The van der Waals surface area contributed by atoms with Gasteiger partial charge in [0.15, 0.2) is 6.10 Å². The van der Waals surface area contributed by atoms with E-state index in [4.69, 9.17) is 4.84 Å². The van der Waals surface area contributed by atoms with Crippen molar-refractivity contribution in [2.75, 3.05) is 6.54 Å². The molecule has 1 heterocycles. The quantitative estimate of drug-likeness (QED) is 0.802. The Hall–Kier alpha value is -2.62. The monoisotopic (exact) mass is 336 g/mol. The first kappa shape index (κ1) is 17.2. The Morgan fingerprint density at radius 1 is 1.16 bits per heavy atom. The lowest BCUT2D eigenvalue weighted by Crippen LogP contribution is -2.36. The van der Waals surface area contributed by atoms with Crippen LogP contribution in [0.1, 0.15) is 36.5 Å². The molecule has 0 N–H and O–H groups in total. The molecule has 130 valence electrons. The van der Waals surface area contributed by atoms with Crippen LogP contribution in [0.5, 0.6) is 0 Å². The first-order chi connectivity index (χ1) is 12.2. The smallest absolute Gasteiger partial charge is 0.222 e. The summed E-state index contributed by atoms with van der Waals surface area (Å²) in [5.74, 6) is 0.136. The van der Waals surface area contributed by atoms with E-state index in [1.807, 2.05) is 54.3 Å². The number of hydrogen-bond donors (Lipinski definition) is 0. The molecule has 2 aromatic rings. The van der Waals surface area contributed by atoms with Crippen molar-refractivity contribution in [1.29, 1.82) is 0 Å². The molecule has 1 atom stereocenters. The van der Waals surface area contributed by atoms with Crippen LogP contribution >= 0.6 is 0 Å². The highest BCUT2D eigenvalue weighted by Crippen LogP contribution is 2.21. The summed E-state index contributed by atoms with van der Waals surface area (Å²) in [7, 11) is 0. The molecule has 4 nitrogen and oxygen atoms in total. The van der Waals surface area contributed by atoms with E-state index >= 15 is 0 Å². The normalized spacial score (nSPS) is 16.2. The third-order valence-electron chi connectivity index (χ3n) is 4.48. The molecule has 0 fully saturated rings. The zero-order valence-corrected chi connectivity index (χ0v) is 14.8. The van der Waals surface area contributed by atoms with Crippen LogP contribution in [0.3, 0.4) is 0 Å². The highest BCUT2D eigenvalue weighted by atomic mass is 16.6. The molecule has 1 aliphatic rings. The maximum Gasteiger partial charge on any atom is 0.222 e. The lowest BCUT2D eigenvalue weighted by atomic mass is 10.00. The molecular formula is C21H24N2O2. The van der Waals surface area contributed by atoms with Crippen molar-refractivity contribution in [2.24, 2.45) is 5.16 Å². The van der Waals surface area contributed by atoms with Crippen LogP contribution in [0, 0.1) is 6.92 Å². The molecule has 0 aromatic heterocycles. The summed E-state index contributed by atoms with van der Waals surface area (Å²) in [6.45, 7) is 5.13. The Morgan fingerprint density at radius 3 is 2.60 bits per heavy atom. The van der Waals surface area contributed by atoms with Crippen LogP contribution < -0.4 is 0 Å². The lowest BCUT2D eigenvalue weighted by Gasteiger charge is -2.24. The van der Waals surface area contributed by atoms with Crippen molar-refractivity contribution in [3.8, 4) is 0 Å². The molecule has 25 heavy (non-hydrogen) atoms. The zero-order valence-electron chi connectivity index (χ0n) is 14.8. The van der Waals surface area contributed by atoms with Gasteiger partial charge in [0.25, 0.3) is 0 Å². The molecule has 0 bridgehead atoms. The molecule has 0 aliphatic carbocycles. The van der Waals surface area contributed by atoms with Crippen LogP contribution in [-0.2, 0) is 16.2 Å². The number of oxime groups is 1. The van der Waals surface area contributed by atoms with Gasteiger partial charge in [0.2, 0.25) is 5.91 Å². The molecule has 0 saturated heterocycles. The van der Waals surface area contributed by atoms with Crippen molar-refractivity contribution in [2.45, 2.75) is 39.3 Å². The van der Waals surface area contributed by atoms with Crippen LogP contribution in [0.4, 0.5) is 0 Å². The molecule has 1 aliphatic heterocycles. The Bertz CT molecular complexity index is 756. The third kappa shape index (κ3) is 4.27. The van der Waals surface area contributed by atoms with Gasteiger partial charge in [-0.25, -0.2) is 0 Å². The Labute approximate surface area is 149 Å². The van der Waals surface area contributed by atoms with Gasteiger partial charge in [-0.15, -0.1) is 0 Å². The first-order valence-electron chi connectivity index (χ1n) is 8.77. The minimum Gasteiger partial charge on any atom is -0.390 e. The number of rotatable bonds is 6. The van der Waals surface area contributed by atoms with Crippen LogP contribution in [0.25, 0.3) is 0 Å². The SMILES string of the molecule is CCC(=O)N(Cc1ccccc1)CC1CC(c2ccccc2C)=NO1. The average Bonchev–Trinajstić information content (AvgIpc) is 3.10. The number of nitrogens with zero attached hydrogens (tertiary/aromatic N) is 2. The largest absolute Gasteiger partial charge is 0.390 e. The molecule has 1 unspecified atom stereocenters. The van der Waals surface area contributed by atoms with Crippen LogP contribution in [-0.4, -0.2) is 29.2 Å². The number of carbonyl (C=O) groups is 1. The Balaban J connectivity index is 1.66. The highest BCUT2D eigenvalue weighted by Gasteiger charge is 2.26. The number of hydrogen-bond acceptors (Lipinski definition) is 3. The van der Waals surface area contributed by atoms with Crippen molar-refractivity contribution in [3.63, 3.8) is 0 Å². The summed E-state index contributed by atoms with van der Waals surface area (Å²) in [5, 5.41) is 4.27. The molecule has 0 radical (unpaired) electrons. The van der Waals surface area contributed by atoms with Crippen molar-refractivity contribution >= 4 is 11.6 Å². The molecule has 0 saturated carbocycles. The number of aryl methyl sites for hydroxylation is 1. The van der Waals surface area contributed by atoms with Gasteiger partial charge in [-0.3, -0.25) is 4.79 Å². The van der Waals surface area contributed by atoms with Crippen LogP contribution in [0.15, 0.2) is 59.8 Å². The lowest BCUT2D eigenvalue weighted by molar-refractivity contribution is -0.133. The fourth-order valence-corrected chi connectivity index (χ4v) is 3.11. The van der Waals surface area contributed by atoms with Gasteiger partial charge < -0.3 is 9.74 Å². The van der Waals surface area contributed by atoms with E-state index in [0.717, 1.165) is 23.3 Å². The van der Waals surface area contributed by atoms with E-state index in [2.05, 4.69) is 24.2 Å². The van der Waals surface area contributed by atoms with Gasteiger partial charge in [0.1, 0.15) is 0 Å². The molecule has 1 amide bonds. The molecular weight excluding hydrogens is 312 g/mol. The third-order valence-corrected chi connectivity index (χ3v) is 4.48. The minimum atomic E-state index is -0.0891. The fourth-order valence-electron chi connectivity index (χ4n) is 3.11. The van der Waals surface area contributed by atoms with E-state index in [1.54, 1.807) is 0 Å². The molecule has 2 aromatic carbocycles. The summed E-state index contributed by atoms with van der Waals surface area (Å²) in [4.78, 5) is 19.8. The van der Waals surface area contributed by atoms with Gasteiger partial charge in [-0.2, -0.15) is 0 Å². The second-order valence-corrected chi connectivity index (χ2v) is 6.40. The zero-order chi connectivity index (χ0) is 17.6. The van der Waals surface area contributed by atoms with Gasteiger partial charge in [0.05, 0.1) is 12.3 Å². The maximum absolute atomic E-state index is 12.3. The molecule has 3 rings (SSSR count). The summed E-state index contributed by atoms with van der Waals surface area (Å²) in [6, 6.07) is 18.2. The standard InChI is InChI=1S/C21H24N2O2/c1-3-21(24)23(14-17-10-5-4-6-11-17)15-18-13-20(22-25-18)19-12-8-7-9-16(19)2/h4-12,18H,3,13-15H2,1-2H3. The first-order valence-corrected chi connectivity index (χ1v) is 8.77. The summed E-state index contributed by atoms with van der Waals surface area (Å²) >= 11 is 0. The summed E-state index contributed by atoms with van der Waals surface area (Å²) < 4.78 is 0. The van der Waals surface area contributed by atoms with E-state index in [1.165, 1.54) is 5.56 Å². The topological polar surface area (TPSA) is 41.9 Å². The summed E-state index contributed by atoms with van der Waals surface area (Å²) in [5.41, 5.74) is 4.41. The van der Waals surface area contributed by atoms with Crippen molar-refractivity contribution < 1.29 is 9.63 Å². The predicted molar refractivity (Wildman–Crippen MR) is 99.4 cm³/mol. The number of amides is 1. The van der Waals surface area contributed by atoms with Gasteiger partial charge in [-0.05, 0) is 18.1 Å². The van der Waals surface area contributed by atoms with Gasteiger partial charge >= 0.3 is 0 Å². The van der Waals surface area contributed by atoms with Crippen molar-refractivity contribution in [1.82, 2.24) is 4.90 Å². The Morgan fingerprint density at radius 2 is 1.88 bits per heavy atom. The fraction of sp³-hybridized carbons (Fsp3) is 0.333. The Kier molecular flexibility index (Phi) is 5.49. The van der Waals surface area contributed by atoms with E-state index < -0.39 is 0 Å². The number of carbonyl (C=O) groups excluding carboxylic acids is 1. The van der Waals surface area contributed by atoms with Gasteiger partial charge in [0, 0.05) is 24.9 Å². The van der Waals surface area contributed by atoms with E-state index in [-0.39, 0.29) is 12.0 Å². The minimum absolute atomic E-state index is 0.0891. The van der Waals surface area contributed by atoms with Crippen molar-refractivity contribution in [3.05, 3.63) is 71.3 Å². The summed E-state index contributed by atoms with van der Waals surface area (Å²) in [6.07, 6.45) is 1.13. The van der Waals surface area contributed by atoms with E-state index in [0.29, 0.717) is 19.5 Å². The predicted octanol–water partition coefficient (Wildman–Crippen LogP) is 3.93. The van der Waals surface area contributed by atoms with Crippen LogP contribution in [0.2, 0.25) is 0 Å². The number of benzene rings is 2. The highest BCUT2D eigenvalue weighted by molar-refractivity contribution is 6.02. The second kappa shape index (κ2) is 7.97. The maximum atomic E-state index is 12.3. The second-order valence-electron chi connectivity index (χ2n) is 6.40. The average molecular weight is 336 g/mol.